The molecular formula is C14H25N3O2. The van der Waals surface area contributed by atoms with Crippen LogP contribution >= 0.6 is 0 Å². The Balaban J connectivity index is 2.89. The van der Waals surface area contributed by atoms with Crippen LogP contribution in [0.4, 0.5) is 0 Å². The van der Waals surface area contributed by atoms with Crippen molar-refractivity contribution in [2.24, 2.45) is 5.84 Å². The van der Waals surface area contributed by atoms with Gasteiger partial charge in [-0.2, -0.15) is 0 Å². The molecule has 1 rings (SSSR count). The van der Waals surface area contributed by atoms with Crippen LogP contribution in [0, 0.1) is 0 Å². The Morgan fingerprint density at radius 3 is 2.63 bits per heavy atom. The van der Waals surface area contributed by atoms with Crippen LogP contribution in [0.3, 0.4) is 0 Å². The van der Waals surface area contributed by atoms with E-state index in [0.717, 1.165) is 24.2 Å². The maximum atomic E-state index is 5.78. The van der Waals surface area contributed by atoms with Gasteiger partial charge in [0.15, 0.2) is 0 Å². The minimum absolute atomic E-state index is 0.0404. The van der Waals surface area contributed by atoms with Crippen LogP contribution in [0.5, 0.6) is 5.75 Å². The number of pyridine rings is 1. The topological polar surface area (TPSA) is 69.4 Å². The van der Waals surface area contributed by atoms with Crippen molar-refractivity contribution < 1.29 is 9.47 Å². The third kappa shape index (κ3) is 4.78. The Labute approximate surface area is 115 Å². The molecular weight excluding hydrogens is 242 g/mol. The molecule has 0 amide bonds. The predicted octanol–water partition coefficient (Wildman–Crippen LogP) is 2.19. The summed E-state index contributed by atoms with van der Waals surface area (Å²) in [6, 6.07) is 1.88. The van der Waals surface area contributed by atoms with Crippen LogP contribution in [0.1, 0.15) is 45.2 Å². The number of rotatable bonds is 9. The molecule has 1 heterocycles. The first-order chi connectivity index (χ1) is 9.26. The second kappa shape index (κ2) is 8.85. The van der Waals surface area contributed by atoms with E-state index in [0.29, 0.717) is 13.2 Å². The van der Waals surface area contributed by atoms with Gasteiger partial charge in [0, 0.05) is 12.8 Å². The Morgan fingerprint density at radius 2 is 2.05 bits per heavy atom. The van der Waals surface area contributed by atoms with Gasteiger partial charge in [0.25, 0.3) is 0 Å². The van der Waals surface area contributed by atoms with Crippen LogP contribution < -0.4 is 16.0 Å². The van der Waals surface area contributed by atoms with Crippen molar-refractivity contribution >= 4 is 0 Å². The summed E-state index contributed by atoms with van der Waals surface area (Å²) in [5.41, 5.74) is 3.82. The summed E-state index contributed by atoms with van der Waals surface area (Å²) in [4.78, 5) is 4.20. The predicted molar refractivity (Wildman–Crippen MR) is 75.8 cm³/mol. The van der Waals surface area contributed by atoms with Crippen molar-refractivity contribution in [1.29, 1.82) is 0 Å². The first-order valence-corrected chi connectivity index (χ1v) is 6.92. The van der Waals surface area contributed by atoms with Crippen molar-refractivity contribution in [3.8, 4) is 5.75 Å². The fourth-order valence-corrected chi connectivity index (χ4v) is 2.11. The number of nitrogens with two attached hydrogens (primary N) is 1. The SMILES string of the molecule is CCCC(OCC)C(NN)c1cncc(OCC)c1. The largest absolute Gasteiger partial charge is 0.492 e. The summed E-state index contributed by atoms with van der Waals surface area (Å²) in [6.07, 6.45) is 5.53. The lowest BCUT2D eigenvalue weighted by Gasteiger charge is -2.26. The quantitative estimate of drug-likeness (QED) is 0.530. The molecule has 0 aliphatic rings. The summed E-state index contributed by atoms with van der Waals surface area (Å²) in [7, 11) is 0. The van der Waals surface area contributed by atoms with Gasteiger partial charge in [-0.1, -0.05) is 13.3 Å². The zero-order valence-corrected chi connectivity index (χ0v) is 12.1. The molecule has 0 saturated carbocycles. The lowest BCUT2D eigenvalue weighted by Crippen LogP contribution is -2.38. The summed E-state index contributed by atoms with van der Waals surface area (Å²) in [6.45, 7) is 7.36. The van der Waals surface area contributed by atoms with Gasteiger partial charge in [-0.15, -0.1) is 0 Å². The van der Waals surface area contributed by atoms with E-state index in [9.17, 15) is 0 Å². The molecule has 2 unspecified atom stereocenters. The van der Waals surface area contributed by atoms with Gasteiger partial charge in [0.05, 0.1) is 24.9 Å². The van der Waals surface area contributed by atoms with E-state index in [1.54, 1.807) is 12.4 Å². The van der Waals surface area contributed by atoms with E-state index in [1.165, 1.54) is 0 Å². The fraction of sp³-hybridized carbons (Fsp3) is 0.643. The molecule has 108 valence electrons. The molecule has 3 N–H and O–H groups in total. The molecule has 0 saturated heterocycles. The fourth-order valence-electron chi connectivity index (χ4n) is 2.11. The molecule has 0 aliphatic carbocycles. The van der Waals surface area contributed by atoms with Crippen LogP contribution in [0.25, 0.3) is 0 Å². The van der Waals surface area contributed by atoms with Crippen molar-refractivity contribution in [3.05, 3.63) is 24.0 Å². The molecule has 5 heteroatoms. The summed E-state index contributed by atoms with van der Waals surface area (Å²) < 4.78 is 11.2. The Hall–Kier alpha value is -1.17. The van der Waals surface area contributed by atoms with Gasteiger partial charge in [0.2, 0.25) is 0 Å². The molecule has 5 nitrogen and oxygen atoms in total. The minimum atomic E-state index is -0.0761. The maximum Gasteiger partial charge on any atom is 0.137 e. The average Bonchev–Trinajstić information content (AvgIpc) is 2.41. The highest BCUT2D eigenvalue weighted by Gasteiger charge is 2.22. The highest BCUT2D eigenvalue weighted by Crippen LogP contribution is 2.24. The molecule has 1 aromatic rings. The minimum Gasteiger partial charge on any atom is -0.492 e. The molecule has 2 atom stereocenters. The van der Waals surface area contributed by atoms with Gasteiger partial charge < -0.3 is 9.47 Å². The van der Waals surface area contributed by atoms with Crippen molar-refractivity contribution in [2.45, 2.75) is 45.8 Å². The molecule has 19 heavy (non-hydrogen) atoms. The summed E-state index contributed by atoms with van der Waals surface area (Å²) in [5.74, 6) is 6.45. The molecule has 0 aromatic carbocycles. The number of ether oxygens (including phenoxy) is 2. The number of nitrogens with one attached hydrogen (secondary N) is 1. The average molecular weight is 267 g/mol. The van der Waals surface area contributed by atoms with Crippen LogP contribution in [0.15, 0.2) is 18.5 Å². The van der Waals surface area contributed by atoms with Gasteiger partial charge >= 0.3 is 0 Å². The number of hydrogen-bond acceptors (Lipinski definition) is 5. The molecule has 0 aliphatic heterocycles. The lowest BCUT2D eigenvalue weighted by molar-refractivity contribution is 0.0274. The third-order valence-corrected chi connectivity index (χ3v) is 2.91. The van der Waals surface area contributed by atoms with Crippen molar-refractivity contribution in [3.63, 3.8) is 0 Å². The van der Waals surface area contributed by atoms with Gasteiger partial charge in [0.1, 0.15) is 5.75 Å². The van der Waals surface area contributed by atoms with E-state index in [-0.39, 0.29) is 12.1 Å². The lowest BCUT2D eigenvalue weighted by atomic mass is 10.00. The highest BCUT2D eigenvalue weighted by atomic mass is 16.5. The second-order valence-electron chi connectivity index (χ2n) is 4.31. The second-order valence-corrected chi connectivity index (χ2v) is 4.31. The molecule has 0 bridgehead atoms. The number of hydrogen-bond donors (Lipinski definition) is 2. The molecule has 0 fully saturated rings. The van der Waals surface area contributed by atoms with Crippen LogP contribution in [-0.2, 0) is 4.74 Å². The maximum absolute atomic E-state index is 5.78. The van der Waals surface area contributed by atoms with E-state index < -0.39 is 0 Å². The van der Waals surface area contributed by atoms with E-state index >= 15 is 0 Å². The Morgan fingerprint density at radius 1 is 1.26 bits per heavy atom. The first kappa shape index (κ1) is 15.9. The number of nitrogens with zero attached hydrogens (tertiary/aromatic N) is 1. The Kier molecular flexibility index (Phi) is 7.40. The van der Waals surface area contributed by atoms with E-state index in [1.807, 2.05) is 19.9 Å². The van der Waals surface area contributed by atoms with Crippen LogP contribution in [0.2, 0.25) is 0 Å². The zero-order chi connectivity index (χ0) is 14.1. The first-order valence-electron chi connectivity index (χ1n) is 6.92. The molecule has 0 spiro atoms. The number of hydrazine groups is 1. The third-order valence-electron chi connectivity index (χ3n) is 2.91. The smallest absolute Gasteiger partial charge is 0.137 e. The highest BCUT2D eigenvalue weighted by molar-refractivity contribution is 5.26. The molecule has 1 aromatic heterocycles. The molecule has 0 radical (unpaired) electrons. The van der Waals surface area contributed by atoms with Crippen molar-refractivity contribution in [1.82, 2.24) is 10.4 Å². The Bertz CT molecular complexity index is 354. The van der Waals surface area contributed by atoms with Gasteiger partial charge in [-0.05, 0) is 31.9 Å². The van der Waals surface area contributed by atoms with E-state index in [4.69, 9.17) is 15.3 Å². The zero-order valence-electron chi connectivity index (χ0n) is 12.1. The normalized spacial score (nSPS) is 14.1. The summed E-state index contributed by atoms with van der Waals surface area (Å²) >= 11 is 0. The van der Waals surface area contributed by atoms with Crippen LogP contribution in [-0.4, -0.2) is 24.3 Å². The standard InChI is InChI=1S/C14H25N3O2/c1-4-7-13(19-6-3)14(17-15)11-8-12(18-5-2)10-16-9-11/h8-10,13-14,17H,4-7,15H2,1-3H3. The van der Waals surface area contributed by atoms with Gasteiger partial charge in [-0.25, -0.2) is 0 Å². The summed E-state index contributed by atoms with van der Waals surface area (Å²) in [5, 5.41) is 0. The van der Waals surface area contributed by atoms with Gasteiger partial charge in [-0.3, -0.25) is 16.3 Å². The van der Waals surface area contributed by atoms with Crippen molar-refractivity contribution in [2.75, 3.05) is 13.2 Å². The van der Waals surface area contributed by atoms with E-state index in [2.05, 4.69) is 17.3 Å². The monoisotopic (exact) mass is 267 g/mol. The number of aromatic nitrogens is 1.